The quantitative estimate of drug-likeness (QED) is 0.808. The molecule has 1 fully saturated rings. The molecular formula is C15H23N. The van der Waals surface area contributed by atoms with Crippen LogP contribution in [0.4, 0.5) is 0 Å². The Morgan fingerprint density at radius 3 is 2.00 bits per heavy atom. The maximum Gasteiger partial charge on any atom is -0.00375 e. The molecule has 1 nitrogen and oxygen atoms in total. The topological polar surface area (TPSA) is 26.0 Å². The Morgan fingerprint density at radius 2 is 1.62 bits per heavy atom. The number of aryl methyl sites for hydroxylation is 3. The molecule has 1 aromatic carbocycles. The third-order valence-electron chi connectivity index (χ3n) is 4.35. The Bertz CT molecular complexity index is 394. The van der Waals surface area contributed by atoms with Crippen molar-refractivity contribution in [1.82, 2.24) is 0 Å². The van der Waals surface area contributed by atoms with Crippen LogP contribution in [0.2, 0.25) is 0 Å². The van der Waals surface area contributed by atoms with Crippen LogP contribution in [0.15, 0.2) is 12.1 Å². The molecule has 1 aliphatic rings. The molecular weight excluding hydrogens is 194 g/mol. The van der Waals surface area contributed by atoms with Gasteiger partial charge in [0.25, 0.3) is 0 Å². The molecule has 0 amide bonds. The van der Waals surface area contributed by atoms with Crippen molar-refractivity contribution in [2.75, 3.05) is 6.54 Å². The van der Waals surface area contributed by atoms with Crippen LogP contribution in [-0.4, -0.2) is 6.54 Å². The molecule has 1 heteroatoms. The summed E-state index contributed by atoms with van der Waals surface area (Å²) < 4.78 is 0. The van der Waals surface area contributed by atoms with E-state index in [1.54, 1.807) is 5.56 Å². The highest BCUT2D eigenvalue weighted by molar-refractivity contribution is 5.45. The minimum absolute atomic E-state index is 0.388. The average molecular weight is 217 g/mol. The second-order valence-corrected chi connectivity index (χ2v) is 5.95. The summed E-state index contributed by atoms with van der Waals surface area (Å²) >= 11 is 0. The van der Waals surface area contributed by atoms with Gasteiger partial charge in [-0.2, -0.15) is 0 Å². The third-order valence-corrected chi connectivity index (χ3v) is 4.35. The molecule has 0 bridgehead atoms. The predicted molar refractivity (Wildman–Crippen MR) is 69.7 cm³/mol. The lowest BCUT2D eigenvalue weighted by Crippen LogP contribution is -2.05. The van der Waals surface area contributed by atoms with Crippen molar-refractivity contribution in [3.05, 3.63) is 34.4 Å². The molecule has 1 saturated carbocycles. The minimum atomic E-state index is 0.388. The fraction of sp³-hybridized carbons (Fsp3) is 0.600. The second-order valence-electron chi connectivity index (χ2n) is 5.95. The van der Waals surface area contributed by atoms with Crippen LogP contribution in [0.1, 0.15) is 42.0 Å². The molecule has 2 atom stereocenters. The van der Waals surface area contributed by atoms with Crippen molar-refractivity contribution < 1.29 is 0 Å². The molecule has 0 aromatic heterocycles. The van der Waals surface area contributed by atoms with Gasteiger partial charge in [-0.25, -0.2) is 0 Å². The fourth-order valence-corrected chi connectivity index (χ4v) is 3.44. The van der Waals surface area contributed by atoms with Crippen LogP contribution in [0, 0.1) is 32.1 Å². The summed E-state index contributed by atoms with van der Waals surface area (Å²) in [7, 11) is 0. The Morgan fingerprint density at radius 1 is 1.12 bits per heavy atom. The summed E-state index contributed by atoms with van der Waals surface area (Å²) in [5, 5.41) is 0. The summed E-state index contributed by atoms with van der Waals surface area (Å²) in [6, 6.07) is 4.59. The molecule has 0 aliphatic heterocycles. The number of rotatable bonds is 2. The zero-order valence-corrected chi connectivity index (χ0v) is 11.1. The summed E-state index contributed by atoms with van der Waals surface area (Å²) in [4.78, 5) is 0. The first kappa shape index (κ1) is 11.7. The zero-order chi connectivity index (χ0) is 12.1. The Labute approximate surface area is 99.0 Å². The van der Waals surface area contributed by atoms with Gasteiger partial charge >= 0.3 is 0 Å². The van der Waals surface area contributed by atoms with Crippen LogP contribution in [-0.2, 0) is 0 Å². The maximum absolute atomic E-state index is 5.87. The SMILES string of the molecule is Cc1cc(C)c([C@H]2[C@H](CN)C2(C)C)c(C)c1. The van der Waals surface area contributed by atoms with E-state index in [1.807, 2.05) is 0 Å². The molecule has 2 rings (SSSR count). The molecule has 1 aliphatic carbocycles. The van der Waals surface area contributed by atoms with Crippen LogP contribution in [0.3, 0.4) is 0 Å². The van der Waals surface area contributed by atoms with Gasteiger partial charge in [0.1, 0.15) is 0 Å². The van der Waals surface area contributed by atoms with Gasteiger partial charge in [-0.05, 0) is 61.3 Å². The highest BCUT2D eigenvalue weighted by Gasteiger charge is 2.57. The molecule has 0 heterocycles. The van der Waals surface area contributed by atoms with E-state index in [-0.39, 0.29) is 0 Å². The molecule has 16 heavy (non-hydrogen) atoms. The van der Waals surface area contributed by atoms with Crippen molar-refractivity contribution in [3.8, 4) is 0 Å². The summed E-state index contributed by atoms with van der Waals surface area (Å²) in [6.07, 6.45) is 0. The Hall–Kier alpha value is -0.820. The first-order chi connectivity index (χ1) is 7.39. The van der Waals surface area contributed by atoms with Gasteiger partial charge in [-0.1, -0.05) is 31.5 Å². The van der Waals surface area contributed by atoms with Gasteiger partial charge in [0.05, 0.1) is 0 Å². The van der Waals surface area contributed by atoms with Gasteiger partial charge in [-0.15, -0.1) is 0 Å². The fourth-order valence-electron chi connectivity index (χ4n) is 3.44. The summed E-state index contributed by atoms with van der Waals surface area (Å²) in [5.41, 5.74) is 12.0. The van der Waals surface area contributed by atoms with Crippen molar-refractivity contribution in [2.24, 2.45) is 17.1 Å². The number of hydrogen-bond acceptors (Lipinski definition) is 1. The highest BCUT2D eigenvalue weighted by atomic mass is 14.7. The minimum Gasteiger partial charge on any atom is -0.330 e. The monoisotopic (exact) mass is 217 g/mol. The van der Waals surface area contributed by atoms with E-state index in [0.717, 1.165) is 6.54 Å². The smallest absolute Gasteiger partial charge is 0.00375 e. The van der Waals surface area contributed by atoms with E-state index in [0.29, 0.717) is 17.3 Å². The Kier molecular flexibility index (Phi) is 2.62. The van der Waals surface area contributed by atoms with E-state index in [4.69, 9.17) is 5.73 Å². The van der Waals surface area contributed by atoms with Crippen LogP contribution >= 0.6 is 0 Å². The van der Waals surface area contributed by atoms with E-state index >= 15 is 0 Å². The summed E-state index contributed by atoms with van der Waals surface area (Å²) in [6.45, 7) is 12.1. The average Bonchev–Trinajstić information content (AvgIpc) is 2.66. The first-order valence-corrected chi connectivity index (χ1v) is 6.17. The predicted octanol–water partition coefficient (Wildman–Crippen LogP) is 3.31. The maximum atomic E-state index is 5.87. The van der Waals surface area contributed by atoms with E-state index in [9.17, 15) is 0 Å². The zero-order valence-electron chi connectivity index (χ0n) is 11.1. The second kappa shape index (κ2) is 3.59. The summed E-state index contributed by atoms with van der Waals surface area (Å²) in [5.74, 6) is 1.32. The number of benzene rings is 1. The van der Waals surface area contributed by atoms with Gasteiger partial charge < -0.3 is 5.73 Å². The molecule has 0 unspecified atom stereocenters. The van der Waals surface area contributed by atoms with E-state index in [1.165, 1.54) is 16.7 Å². The van der Waals surface area contributed by atoms with Gasteiger partial charge in [0.15, 0.2) is 0 Å². The standard InChI is InChI=1S/C15H23N/c1-9-6-10(2)13(11(3)7-9)14-12(8-16)15(14,4)5/h6-7,12,14H,8,16H2,1-5H3/t12-,14+/m0/s1. The lowest BCUT2D eigenvalue weighted by Gasteiger charge is -2.12. The molecule has 0 radical (unpaired) electrons. The van der Waals surface area contributed by atoms with Crippen molar-refractivity contribution >= 4 is 0 Å². The van der Waals surface area contributed by atoms with Crippen LogP contribution in [0.5, 0.6) is 0 Å². The molecule has 0 saturated heterocycles. The van der Waals surface area contributed by atoms with Crippen molar-refractivity contribution in [1.29, 1.82) is 0 Å². The molecule has 0 spiro atoms. The van der Waals surface area contributed by atoms with Crippen molar-refractivity contribution in [3.63, 3.8) is 0 Å². The molecule has 2 N–H and O–H groups in total. The highest BCUT2D eigenvalue weighted by Crippen LogP contribution is 2.64. The number of nitrogens with two attached hydrogens (primary N) is 1. The van der Waals surface area contributed by atoms with Gasteiger partial charge in [0, 0.05) is 0 Å². The molecule has 1 aromatic rings. The lowest BCUT2D eigenvalue weighted by atomic mass is 9.93. The Balaban J connectivity index is 2.44. The largest absolute Gasteiger partial charge is 0.330 e. The number of hydrogen-bond donors (Lipinski definition) is 1. The van der Waals surface area contributed by atoms with Gasteiger partial charge in [-0.3, -0.25) is 0 Å². The van der Waals surface area contributed by atoms with E-state index < -0.39 is 0 Å². The van der Waals surface area contributed by atoms with E-state index in [2.05, 4.69) is 46.8 Å². The normalized spacial score (nSPS) is 26.9. The first-order valence-electron chi connectivity index (χ1n) is 6.17. The lowest BCUT2D eigenvalue weighted by molar-refractivity contribution is 0.558. The van der Waals surface area contributed by atoms with Gasteiger partial charge in [0.2, 0.25) is 0 Å². The third kappa shape index (κ3) is 1.58. The van der Waals surface area contributed by atoms with Crippen LogP contribution < -0.4 is 5.73 Å². The van der Waals surface area contributed by atoms with Crippen LogP contribution in [0.25, 0.3) is 0 Å². The van der Waals surface area contributed by atoms with Crippen molar-refractivity contribution in [2.45, 2.75) is 40.5 Å². The molecule has 88 valence electrons.